The van der Waals surface area contributed by atoms with Crippen molar-refractivity contribution in [2.75, 3.05) is 20.1 Å². The zero-order chi connectivity index (χ0) is 20.7. The molecule has 1 fully saturated rings. The summed E-state index contributed by atoms with van der Waals surface area (Å²) < 4.78 is 15.2. The number of halogens is 1. The molecular formula is C20H24ClNO6. The largest absolute Gasteiger partial charge is 0.467 e. The van der Waals surface area contributed by atoms with Gasteiger partial charge in [-0.25, -0.2) is 14.4 Å². The lowest BCUT2D eigenvalue weighted by Crippen LogP contribution is -2.58. The molecule has 0 aliphatic carbocycles. The molecule has 1 aliphatic rings. The van der Waals surface area contributed by atoms with Crippen LogP contribution in [0, 0.1) is 0 Å². The Labute approximate surface area is 169 Å². The molecule has 1 aliphatic heterocycles. The smallest absolute Gasteiger partial charge is 0.411 e. The lowest BCUT2D eigenvalue weighted by atomic mass is 9.89. The zero-order valence-electron chi connectivity index (χ0n) is 16.0. The summed E-state index contributed by atoms with van der Waals surface area (Å²) in [7, 11) is 2.46. The SMILES string of the molecule is C=C(CCl)CC1(C(=O)OC)CCC(C(=O)OC)N1C(=O)OCc1ccccc1. The molecule has 1 aromatic rings. The second-order valence-corrected chi connectivity index (χ2v) is 6.84. The fourth-order valence-corrected chi connectivity index (χ4v) is 3.56. The monoisotopic (exact) mass is 409 g/mol. The Bertz CT molecular complexity index is 737. The summed E-state index contributed by atoms with van der Waals surface area (Å²) in [4.78, 5) is 39.1. The van der Waals surface area contributed by atoms with E-state index in [0.717, 1.165) is 10.5 Å². The van der Waals surface area contributed by atoms with E-state index in [-0.39, 0.29) is 31.7 Å². The molecule has 1 amide bonds. The Balaban J connectivity index is 2.36. The van der Waals surface area contributed by atoms with Crippen molar-refractivity contribution in [1.82, 2.24) is 4.90 Å². The third-order valence-electron chi connectivity index (χ3n) is 4.78. The number of ether oxygens (including phenoxy) is 3. The number of hydrogen-bond donors (Lipinski definition) is 0. The number of methoxy groups -OCH3 is 2. The third-order valence-corrected chi connectivity index (χ3v) is 5.15. The Morgan fingerprint density at radius 3 is 2.46 bits per heavy atom. The van der Waals surface area contributed by atoms with Crippen molar-refractivity contribution >= 4 is 29.6 Å². The molecular weight excluding hydrogens is 386 g/mol. The van der Waals surface area contributed by atoms with Crippen molar-refractivity contribution in [3.8, 4) is 0 Å². The van der Waals surface area contributed by atoms with Crippen LogP contribution in [0.15, 0.2) is 42.5 Å². The maximum Gasteiger partial charge on any atom is 0.411 e. The van der Waals surface area contributed by atoms with Gasteiger partial charge in [0, 0.05) is 12.3 Å². The summed E-state index contributed by atoms with van der Waals surface area (Å²) in [5.74, 6) is -1.17. The average molecular weight is 410 g/mol. The van der Waals surface area contributed by atoms with Gasteiger partial charge < -0.3 is 14.2 Å². The molecule has 2 atom stereocenters. The molecule has 7 nitrogen and oxygen atoms in total. The highest BCUT2D eigenvalue weighted by Gasteiger charge is 2.58. The minimum absolute atomic E-state index is 0.00221. The van der Waals surface area contributed by atoms with Crippen LogP contribution in [0.25, 0.3) is 0 Å². The summed E-state index contributed by atoms with van der Waals surface area (Å²) in [5, 5.41) is 0. The van der Waals surface area contributed by atoms with Crippen LogP contribution in [0.2, 0.25) is 0 Å². The van der Waals surface area contributed by atoms with E-state index in [1.807, 2.05) is 18.2 Å². The van der Waals surface area contributed by atoms with Crippen LogP contribution in [0.4, 0.5) is 4.79 Å². The molecule has 0 N–H and O–H groups in total. The quantitative estimate of drug-likeness (QED) is 0.298. The lowest BCUT2D eigenvalue weighted by molar-refractivity contribution is -0.156. The molecule has 8 heteroatoms. The van der Waals surface area contributed by atoms with Gasteiger partial charge in [-0.2, -0.15) is 0 Å². The van der Waals surface area contributed by atoms with Crippen LogP contribution in [-0.2, 0) is 30.4 Å². The minimum Gasteiger partial charge on any atom is -0.467 e. The Morgan fingerprint density at radius 1 is 1.21 bits per heavy atom. The molecule has 0 saturated carbocycles. The third kappa shape index (κ3) is 4.47. The van der Waals surface area contributed by atoms with Crippen molar-refractivity contribution in [1.29, 1.82) is 0 Å². The molecule has 28 heavy (non-hydrogen) atoms. The summed E-state index contributed by atoms with van der Waals surface area (Å²) >= 11 is 5.86. The van der Waals surface area contributed by atoms with Crippen molar-refractivity contribution < 1.29 is 28.6 Å². The Morgan fingerprint density at radius 2 is 1.89 bits per heavy atom. The fourth-order valence-electron chi connectivity index (χ4n) is 3.47. The van der Waals surface area contributed by atoms with E-state index in [9.17, 15) is 14.4 Å². The number of benzene rings is 1. The van der Waals surface area contributed by atoms with Gasteiger partial charge in [0.05, 0.1) is 14.2 Å². The molecule has 0 radical (unpaired) electrons. The second-order valence-electron chi connectivity index (χ2n) is 6.57. The fraction of sp³-hybridized carbons (Fsp3) is 0.450. The highest BCUT2D eigenvalue weighted by molar-refractivity contribution is 6.19. The topological polar surface area (TPSA) is 82.1 Å². The molecule has 2 unspecified atom stereocenters. The van der Waals surface area contributed by atoms with Gasteiger partial charge in [-0.3, -0.25) is 4.90 Å². The highest BCUT2D eigenvalue weighted by Crippen LogP contribution is 2.41. The van der Waals surface area contributed by atoms with Gasteiger partial charge in [-0.15, -0.1) is 11.6 Å². The van der Waals surface area contributed by atoms with Gasteiger partial charge in [-0.05, 0) is 18.4 Å². The van der Waals surface area contributed by atoms with Crippen molar-refractivity contribution in [3.63, 3.8) is 0 Å². The number of amides is 1. The predicted molar refractivity (Wildman–Crippen MR) is 103 cm³/mol. The first-order valence-electron chi connectivity index (χ1n) is 8.78. The van der Waals surface area contributed by atoms with Crippen LogP contribution >= 0.6 is 11.6 Å². The van der Waals surface area contributed by atoms with Gasteiger partial charge in [0.1, 0.15) is 18.2 Å². The van der Waals surface area contributed by atoms with E-state index < -0.39 is 29.6 Å². The van der Waals surface area contributed by atoms with Gasteiger partial charge in [0.25, 0.3) is 0 Å². The molecule has 1 heterocycles. The van der Waals surface area contributed by atoms with Crippen LogP contribution < -0.4 is 0 Å². The standard InChI is InChI=1S/C20H24ClNO6/c1-14(12-21)11-20(18(24)27-3)10-9-16(17(23)26-2)22(20)19(25)28-13-15-7-5-4-6-8-15/h4-8,16H,1,9-13H2,2-3H3. The maximum atomic E-state index is 13.0. The first kappa shape index (κ1) is 21.8. The zero-order valence-corrected chi connectivity index (χ0v) is 16.7. The van der Waals surface area contributed by atoms with Crippen LogP contribution in [-0.4, -0.2) is 54.6 Å². The van der Waals surface area contributed by atoms with Gasteiger partial charge in [0.2, 0.25) is 0 Å². The number of carbonyl (C=O) groups is 3. The van der Waals surface area contributed by atoms with Crippen molar-refractivity contribution in [3.05, 3.63) is 48.0 Å². The number of nitrogens with zero attached hydrogens (tertiary/aromatic N) is 1. The first-order valence-corrected chi connectivity index (χ1v) is 9.32. The molecule has 152 valence electrons. The highest BCUT2D eigenvalue weighted by atomic mass is 35.5. The lowest BCUT2D eigenvalue weighted by Gasteiger charge is -2.37. The van der Waals surface area contributed by atoms with Gasteiger partial charge in [-0.1, -0.05) is 42.5 Å². The maximum absolute atomic E-state index is 13.0. The normalized spacial score (nSPS) is 21.1. The van der Waals surface area contributed by atoms with Crippen molar-refractivity contribution in [2.24, 2.45) is 0 Å². The number of esters is 2. The van der Waals surface area contributed by atoms with Crippen LogP contribution in [0.5, 0.6) is 0 Å². The first-order chi connectivity index (χ1) is 13.4. The Kier molecular flexibility index (Phi) is 7.45. The van der Waals surface area contributed by atoms with E-state index >= 15 is 0 Å². The number of hydrogen-bond acceptors (Lipinski definition) is 6. The van der Waals surface area contributed by atoms with Crippen LogP contribution in [0.3, 0.4) is 0 Å². The molecule has 0 aromatic heterocycles. The number of likely N-dealkylation sites (tertiary alicyclic amines) is 1. The number of alkyl halides is 1. The average Bonchev–Trinajstić information content (AvgIpc) is 3.11. The summed E-state index contributed by atoms with van der Waals surface area (Å²) in [6, 6.07) is 8.13. The minimum atomic E-state index is -1.42. The summed E-state index contributed by atoms with van der Waals surface area (Å²) in [5.41, 5.74) is -0.107. The molecule has 0 bridgehead atoms. The van der Waals surface area contributed by atoms with Crippen LogP contribution in [0.1, 0.15) is 24.8 Å². The summed E-state index contributed by atoms with van der Waals surface area (Å²) in [6.45, 7) is 3.84. The number of rotatable bonds is 7. The molecule has 2 rings (SSSR count). The number of carbonyl (C=O) groups excluding carboxylic acids is 3. The Hall–Kier alpha value is -2.54. The summed E-state index contributed by atoms with van der Waals surface area (Å²) in [6.07, 6.45) is -0.297. The van der Waals surface area contributed by atoms with E-state index in [1.54, 1.807) is 12.1 Å². The molecule has 0 spiro atoms. The predicted octanol–water partition coefficient (Wildman–Crippen LogP) is 3.06. The van der Waals surface area contributed by atoms with E-state index in [4.69, 9.17) is 25.8 Å². The van der Waals surface area contributed by atoms with Gasteiger partial charge >= 0.3 is 18.0 Å². The molecule has 1 saturated heterocycles. The second kappa shape index (κ2) is 9.59. The van der Waals surface area contributed by atoms with E-state index in [0.29, 0.717) is 5.57 Å². The van der Waals surface area contributed by atoms with E-state index in [2.05, 4.69) is 6.58 Å². The van der Waals surface area contributed by atoms with Gasteiger partial charge in [0.15, 0.2) is 0 Å². The van der Waals surface area contributed by atoms with Crippen molar-refractivity contribution in [2.45, 2.75) is 37.5 Å². The molecule has 1 aromatic carbocycles. The van der Waals surface area contributed by atoms with E-state index in [1.165, 1.54) is 14.2 Å².